The molecule has 0 radical (unpaired) electrons. The second kappa shape index (κ2) is 6.65. The predicted molar refractivity (Wildman–Crippen MR) is 66.4 cm³/mol. The fourth-order valence-corrected chi connectivity index (χ4v) is 1.73. The number of nitrogens with two attached hydrogens (primary N) is 1. The molecule has 0 aliphatic carbocycles. The van der Waals surface area contributed by atoms with Crippen molar-refractivity contribution in [3.05, 3.63) is 23.8 Å². The van der Waals surface area contributed by atoms with E-state index in [1.807, 2.05) is 0 Å². The Labute approximate surface area is 110 Å². The average molecular weight is 277 g/mol. The summed E-state index contributed by atoms with van der Waals surface area (Å²) in [6, 6.07) is 4.80. The van der Waals surface area contributed by atoms with Crippen LogP contribution in [0.2, 0.25) is 0 Å². The fraction of sp³-hybridized carbons (Fsp3) is 0.538. The summed E-state index contributed by atoms with van der Waals surface area (Å²) in [6.07, 6.45) is -5.09. The Hall–Kier alpha value is -1.43. The van der Waals surface area contributed by atoms with E-state index < -0.39 is 12.6 Å². The lowest BCUT2D eigenvalue weighted by atomic mass is 10.1. The van der Waals surface area contributed by atoms with Gasteiger partial charge in [0.1, 0.15) is 11.5 Å². The Kier molecular flexibility index (Phi) is 5.47. The first-order valence-electron chi connectivity index (χ1n) is 5.97. The lowest BCUT2D eigenvalue weighted by Crippen LogP contribution is -2.12. The van der Waals surface area contributed by atoms with Crippen LogP contribution in [0, 0.1) is 0 Å². The van der Waals surface area contributed by atoms with Gasteiger partial charge in [-0.25, -0.2) is 0 Å². The molecular formula is C13H18F3NO2. The third-order valence-electron chi connectivity index (χ3n) is 2.56. The van der Waals surface area contributed by atoms with Crippen molar-refractivity contribution in [2.75, 3.05) is 13.7 Å². The van der Waals surface area contributed by atoms with Crippen LogP contribution in [0.4, 0.5) is 13.2 Å². The van der Waals surface area contributed by atoms with Crippen molar-refractivity contribution < 1.29 is 22.6 Å². The highest BCUT2D eigenvalue weighted by atomic mass is 19.4. The summed E-state index contributed by atoms with van der Waals surface area (Å²) in [6.45, 7) is 1.76. The van der Waals surface area contributed by atoms with Crippen molar-refractivity contribution in [1.82, 2.24) is 0 Å². The number of alkyl halides is 3. The van der Waals surface area contributed by atoms with Crippen molar-refractivity contribution in [3.8, 4) is 11.5 Å². The minimum atomic E-state index is -4.15. The van der Waals surface area contributed by atoms with Crippen LogP contribution < -0.4 is 15.2 Å². The van der Waals surface area contributed by atoms with Gasteiger partial charge in [0.15, 0.2) is 0 Å². The van der Waals surface area contributed by atoms with Gasteiger partial charge in [-0.05, 0) is 25.5 Å². The van der Waals surface area contributed by atoms with Crippen LogP contribution >= 0.6 is 0 Å². The van der Waals surface area contributed by atoms with Crippen molar-refractivity contribution in [1.29, 1.82) is 0 Å². The number of hydrogen-bond donors (Lipinski definition) is 1. The number of halogens is 3. The van der Waals surface area contributed by atoms with E-state index in [2.05, 4.69) is 0 Å². The van der Waals surface area contributed by atoms with Crippen LogP contribution in [0.5, 0.6) is 11.5 Å². The Balaban J connectivity index is 2.68. The molecule has 0 saturated heterocycles. The monoisotopic (exact) mass is 277 g/mol. The average Bonchev–Trinajstić information content (AvgIpc) is 2.32. The maximum Gasteiger partial charge on any atom is 0.389 e. The van der Waals surface area contributed by atoms with Crippen LogP contribution in [-0.4, -0.2) is 19.9 Å². The van der Waals surface area contributed by atoms with Gasteiger partial charge in [-0.1, -0.05) is 6.07 Å². The molecule has 1 atom stereocenters. The molecule has 0 saturated carbocycles. The molecule has 1 rings (SSSR count). The highest BCUT2D eigenvalue weighted by molar-refractivity contribution is 5.46. The SMILES string of the molecule is COc1cccc(OCCCC(F)(F)F)c1[C@H](C)N. The number of rotatable bonds is 6. The van der Waals surface area contributed by atoms with Crippen LogP contribution in [0.25, 0.3) is 0 Å². The molecule has 2 N–H and O–H groups in total. The van der Waals surface area contributed by atoms with Gasteiger partial charge in [-0.2, -0.15) is 13.2 Å². The van der Waals surface area contributed by atoms with E-state index in [0.717, 1.165) is 0 Å². The van der Waals surface area contributed by atoms with Crippen LogP contribution in [-0.2, 0) is 0 Å². The Morgan fingerprint density at radius 1 is 1.26 bits per heavy atom. The van der Waals surface area contributed by atoms with Crippen molar-refractivity contribution in [2.24, 2.45) is 5.73 Å². The third-order valence-corrected chi connectivity index (χ3v) is 2.56. The van der Waals surface area contributed by atoms with Crippen molar-refractivity contribution >= 4 is 0 Å². The normalized spacial score (nSPS) is 13.2. The molecule has 3 nitrogen and oxygen atoms in total. The van der Waals surface area contributed by atoms with Gasteiger partial charge < -0.3 is 15.2 Å². The molecule has 0 fully saturated rings. The Morgan fingerprint density at radius 3 is 2.42 bits per heavy atom. The van der Waals surface area contributed by atoms with Crippen molar-refractivity contribution in [2.45, 2.75) is 32.0 Å². The fourth-order valence-electron chi connectivity index (χ4n) is 1.73. The number of methoxy groups -OCH3 is 1. The van der Waals surface area contributed by atoms with Gasteiger partial charge >= 0.3 is 6.18 Å². The molecule has 19 heavy (non-hydrogen) atoms. The maximum atomic E-state index is 12.0. The summed E-state index contributed by atoms with van der Waals surface area (Å²) in [5, 5.41) is 0. The zero-order chi connectivity index (χ0) is 14.5. The molecule has 0 aliphatic heterocycles. The number of benzene rings is 1. The van der Waals surface area contributed by atoms with Gasteiger partial charge in [-0.15, -0.1) is 0 Å². The summed E-state index contributed by atoms with van der Waals surface area (Å²) in [5.74, 6) is 1.04. The first kappa shape index (κ1) is 15.6. The molecule has 0 unspecified atom stereocenters. The summed E-state index contributed by atoms with van der Waals surface area (Å²) in [4.78, 5) is 0. The first-order valence-corrected chi connectivity index (χ1v) is 5.97. The minimum absolute atomic E-state index is 0.00754. The van der Waals surface area contributed by atoms with E-state index in [1.165, 1.54) is 7.11 Å². The minimum Gasteiger partial charge on any atom is -0.496 e. The topological polar surface area (TPSA) is 44.5 Å². The zero-order valence-electron chi connectivity index (χ0n) is 11.0. The first-order chi connectivity index (χ1) is 8.85. The molecule has 0 amide bonds. The van der Waals surface area contributed by atoms with Gasteiger partial charge in [0, 0.05) is 12.5 Å². The number of ether oxygens (including phenoxy) is 2. The molecule has 1 aromatic carbocycles. The molecule has 0 bridgehead atoms. The van der Waals surface area contributed by atoms with E-state index >= 15 is 0 Å². The lowest BCUT2D eigenvalue weighted by Gasteiger charge is -2.17. The number of hydrogen-bond acceptors (Lipinski definition) is 3. The lowest BCUT2D eigenvalue weighted by molar-refractivity contribution is -0.136. The van der Waals surface area contributed by atoms with E-state index in [-0.39, 0.29) is 19.1 Å². The molecule has 108 valence electrons. The molecular weight excluding hydrogens is 259 g/mol. The molecule has 6 heteroatoms. The van der Waals surface area contributed by atoms with E-state index in [1.54, 1.807) is 25.1 Å². The molecule has 0 aliphatic rings. The highest BCUT2D eigenvalue weighted by Gasteiger charge is 2.26. The largest absolute Gasteiger partial charge is 0.496 e. The van der Waals surface area contributed by atoms with E-state index in [4.69, 9.17) is 15.2 Å². The van der Waals surface area contributed by atoms with Crippen LogP contribution in [0.1, 0.15) is 31.4 Å². The van der Waals surface area contributed by atoms with Gasteiger partial charge in [0.2, 0.25) is 0 Å². The van der Waals surface area contributed by atoms with Gasteiger partial charge in [0.25, 0.3) is 0 Å². The predicted octanol–water partition coefficient (Wildman–Crippen LogP) is 3.44. The third kappa shape index (κ3) is 4.98. The second-order valence-electron chi connectivity index (χ2n) is 4.23. The van der Waals surface area contributed by atoms with E-state index in [9.17, 15) is 13.2 Å². The smallest absolute Gasteiger partial charge is 0.389 e. The van der Waals surface area contributed by atoms with E-state index in [0.29, 0.717) is 17.1 Å². The molecule has 0 spiro atoms. The van der Waals surface area contributed by atoms with Crippen LogP contribution in [0.3, 0.4) is 0 Å². The Morgan fingerprint density at radius 2 is 1.89 bits per heavy atom. The standard InChI is InChI=1S/C13H18F3NO2/c1-9(17)12-10(18-2)5-3-6-11(12)19-8-4-7-13(14,15)16/h3,5-6,9H,4,7-8,17H2,1-2H3/t9-/m0/s1. The molecule has 1 aromatic rings. The molecule has 0 aromatic heterocycles. The Bertz CT molecular complexity index is 405. The zero-order valence-corrected chi connectivity index (χ0v) is 11.0. The highest BCUT2D eigenvalue weighted by Crippen LogP contribution is 2.33. The summed E-state index contributed by atoms with van der Waals surface area (Å²) in [7, 11) is 1.51. The molecule has 0 heterocycles. The summed E-state index contributed by atoms with van der Waals surface area (Å²) in [5.41, 5.74) is 6.49. The summed E-state index contributed by atoms with van der Waals surface area (Å²) < 4.78 is 46.6. The van der Waals surface area contributed by atoms with Crippen LogP contribution in [0.15, 0.2) is 18.2 Å². The second-order valence-corrected chi connectivity index (χ2v) is 4.23. The quantitative estimate of drug-likeness (QED) is 0.810. The maximum absolute atomic E-state index is 12.0. The van der Waals surface area contributed by atoms with Crippen molar-refractivity contribution in [3.63, 3.8) is 0 Å². The van der Waals surface area contributed by atoms with Gasteiger partial charge in [-0.3, -0.25) is 0 Å². The summed E-state index contributed by atoms with van der Waals surface area (Å²) >= 11 is 0. The van der Waals surface area contributed by atoms with Gasteiger partial charge in [0.05, 0.1) is 19.3 Å².